The lowest BCUT2D eigenvalue weighted by atomic mass is 9.74. The Morgan fingerprint density at radius 1 is 1.27 bits per heavy atom. The van der Waals surface area contributed by atoms with E-state index < -0.39 is 0 Å². The predicted molar refractivity (Wildman–Crippen MR) is 61.4 cm³/mol. The largest absolute Gasteiger partial charge is 0.384 e. The number of aryl methyl sites for hydroxylation is 1. The van der Waals surface area contributed by atoms with Crippen LogP contribution in [0.25, 0.3) is 0 Å². The van der Waals surface area contributed by atoms with Gasteiger partial charge in [0.2, 0.25) is 0 Å². The molecular weight excluding hydrogens is 186 g/mol. The van der Waals surface area contributed by atoms with Gasteiger partial charge in [0.25, 0.3) is 0 Å². The van der Waals surface area contributed by atoms with Crippen molar-refractivity contribution in [1.29, 1.82) is 0 Å². The van der Waals surface area contributed by atoms with Gasteiger partial charge >= 0.3 is 0 Å². The fourth-order valence-electron chi connectivity index (χ4n) is 3.06. The molecule has 0 saturated carbocycles. The van der Waals surface area contributed by atoms with Crippen LogP contribution in [0, 0.1) is 6.92 Å². The van der Waals surface area contributed by atoms with Crippen molar-refractivity contribution in [2.75, 3.05) is 25.1 Å². The second-order valence-corrected chi connectivity index (χ2v) is 4.74. The van der Waals surface area contributed by atoms with Gasteiger partial charge in [-0.2, -0.15) is 0 Å². The molecule has 0 unspecified atom stereocenters. The molecule has 1 aromatic rings. The molecule has 2 heterocycles. The van der Waals surface area contributed by atoms with Gasteiger partial charge < -0.3 is 10.1 Å². The van der Waals surface area contributed by atoms with E-state index in [0.29, 0.717) is 5.41 Å². The molecule has 2 heteroatoms. The fraction of sp³-hybridized carbons (Fsp3) is 0.538. The summed E-state index contributed by atoms with van der Waals surface area (Å²) in [6.07, 6.45) is 2.33. The van der Waals surface area contributed by atoms with Crippen LogP contribution in [-0.2, 0) is 10.2 Å². The number of hydrogen-bond acceptors (Lipinski definition) is 2. The molecule has 0 bridgehead atoms. The minimum atomic E-state index is 0.360. The highest BCUT2D eigenvalue weighted by Crippen LogP contribution is 2.44. The van der Waals surface area contributed by atoms with Crippen molar-refractivity contribution in [3.63, 3.8) is 0 Å². The number of hydrogen-bond donors (Lipinski definition) is 1. The Morgan fingerprint density at radius 3 is 2.87 bits per heavy atom. The van der Waals surface area contributed by atoms with Crippen molar-refractivity contribution in [2.45, 2.75) is 25.2 Å². The van der Waals surface area contributed by atoms with Crippen LogP contribution in [0.2, 0.25) is 0 Å². The number of benzene rings is 1. The van der Waals surface area contributed by atoms with E-state index in [1.54, 1.807) is 5.56 Å². The summed E-state index contributed by atoms with van der Waals surface area (Å²) in [5.74, 6) is 0. The van der Waals surface area contributed by atoms with E-state index in [-0.39, 0.29) is 0 Å². The first kappa shape index (κ1) is 9.22. The lowest BCUT2D eigenvalue weighted by molar-refractivity contribution is 0.0565. The highest BCUT2D eigenvalue weighted by Gasteiger charge is 2.40. The zero-order valence-corrected chi connectivity index (χ0v) is 9.18. The summed E-state index contributed by atoms with van der Waals surface area (Å²) >= 11 is 0. The molecule has 1 spiro atoms. The predicted octanol–water partition coefficient (Wildman–Crippen LogP) is 2.47. The van der Waals surface area contributed by atoms with Crippen molar-refractivity contribution in [1.82, 2.24) is 0 Å². The fourth-order valence-corrected chi connectivity index (χ4v) is 3.06. The van der Waals surface area contributed by atoms with E-state index in [1.165, 1.54) is 11.3 Å². The minimum absolute atomic E-state index is 0.360. The second-order valence-electron chi connectivity index (χ2n) is 4.74. The molecule has 0 aliphatic carbocycles. The van der Waals surface area contributed by atoms with Crippen LogP contribution >= 0.6 is 0 Å². The third-order valence-electron chi connectivity index (χ3n) is 3.87. The van der Waals surface area contributed by atoms with Crippen LogP contribution < -0.4 is 5.32 Å². The minimum Gasteiger partial charge on any atom is -0.384 e. The Kier molecular flexibility index (Phi) is 1.99. The van der Waals surface area contributed by atoms with Gasteiger partial charge in [0.1, 0.15) is 0 Å². The number of ether oxygens (including phenoxy) is 1. The molecule has 1 fully saturated rings. The van der Waals surface area contributed by atoms with E-state index in [2.05, 4.69) is 30.4 Å². The van der Waals surface area contributed by atoms with Gasteiger partial charge in [0.05, 0.1) is 0 Å². The molecule has 1 N–H and O–H groups in total. The third-order valence-corrected chi connectivity index (χ3v) is 3.87. The summed E-state index contributed by atoms with van der Waals surface area (Å²) < 4.78 is 5.48. The first-order valence-electron chi connectivity index (χ1n) is 5.74. The SMILES string of the molecule is Cc1cccc2c1C1(CCOCC1)CN2. The maximum atomic E-state index is 5.48. The molecule has 1 saturated heterocycles. The van der Waals surface area contributed by atoms with Gasteiger partial charge in [-0.25, -0.2) is 0 Å². The van der Waals surface area contributed by atoms with Crippen molar-refractivity contribution < 1.29 is 4.74 Å². The van der Waals surface area contributed by atoms with Crippen molar-refractivity contribution in [2.24, 2.45) is 0 Å². The first-order chi connectivity index (χ1) is 7.32. The number of fused-ring (bicyclic) bond motifs is 2. The summed E-state index contributed by atoms with van der Waals surface area (Å²) in [4.78, 5) is 0. The Hall–Kier alpha value is -1.02. The second kappa shape index (κ2) is 3.24. The van der Waals surface area contributed by atoms with Crippen LogP contribution in [0.15, 0.2) is 18.2 Å². The van der Waals surface area contributed by atoms with Crippen molar-refractivity contribution in [3.8, 4) is 0 Å². The summed E-state index contributed by atoms with van der Waals surface area (Å²) in [5, 5.41) is 3.55. The third kappa shape index (κ3) is 1.28. The van der Waals surface area contributed by atoms with Gasteiger partial charge in [-0.1, -0.05) is 12.1 Å². The molecule has 2 aliphatic heterocycles. The molecule has 0 amide bonds. The molecule has 0 atom stereocenters. The van der Waals surface area contributed by atoms with E-state index >= 15 is 0 Å². The molecule has 2 aliphatic rings. The Morgan fingerprint density at radius 2 is 2.07 bits per heavy atom. The number of rotatable bonds is 0. The number of nitrogens with one attached hydrogen (secondary N) is 1. The quantitative estimate of drug-likeness (QED) is 0.699. The first-order valence-corrected chi connectivity index (χ1v) is 5.74. The van der Waals surface area contributed by atoms with Gasteiger partial charge in [-0.3, -0.25) is 0 Å². The summed E-state index contributed by atoms with van der Waals surface area (Å²) in [6.45, 7) is 5.14. The Balaban J connectivity index is 2.09. The average molecular weight is 203 g/mol. The normalized spacial score (nSPS) is 22.5. The lowest BCUT2D eigenvalue weighted by Crippen LogP contribution is -2.35. The molecular formula is C13H17NO. The zero-order valence-electron chi connectivity index (χ0n) is 9.18. The standard InChI is InChI=1S/C13H17NO/c1-10-3-2-4-11-12(10)13(9-14-11)5-7-15-8-6-13/h2-4,14H,5-9H2,1H3. The van der Waals surface area contributed by atoms with Gasteiger partial charge in [0.15, 0.2) is 0 Å². The molecule has 80 valence electrons. The van der Waals surface area contributed by atoms with Crippen LogP contribution in [0.3, 0.4) is 0 Å². The van der Waals surface area contributed by atoms with Crippen molar-refractivity contribution >= 4 is 5.69 Å². The molecule has 0 aromatic heterocycles. The van der Waals surface area contributed by atoms with Gasteiger partial charge in [-0.05, 0) is 37.0 Å². The monoisotopic (exact) mass is 203 g/mol. The molecule has 0 radical (unpaired) electrons. The van der Waals surface area contributed by atoms with Crippen LogP contribution in [0.5, 0.6) is 0 Å². The van der Waals surface area contributed by atoms with Crippen molar-refractivity contribution in [3.05, 3.63) is 29.3 Å². The highest BCUT2D eigenvalue weighted by atomic mass is 16.5. The van der Waals surface area contributed by atoms with Crippen LogP contribution in [-0.4, -0.2) is 19.8 Å². The van der Waals surface area contributed by atoms with Gasteiger partial charge in [0, 0.05) is 30.9 Å². The van der Waals surface area contributed by atoms with Crippen LogP contribution in [0.1, 0.15) is 24.0 Å². The summed E-state index contributed by atoms with van der Waals surface area (Å²) in [6, 6.07) is 6.56. The average Bonchev–Trinajstić information content (AvgIpc) is 2.60. The van der Waals surface area contributed by atoms with E-state index in [9.17, 15) is 0 Å². The Bertz CT molecular complexity index is 375. The highest BCUT2D eigenvalue weighted by molar-refractivity contribution is 5.63. The topological polar surface area (TPSA) is 21.3 Å². The van der Waals surface area contributed by atoms with Crippen LogP contribution in [0.4, 0.5) is 5.69 Å². The van der Waals surface area contributed by atoms with E-state index in [0.717, 1.165) is 32.6 Å². The maximum absolute atomic E-state index is 5.48. The summed E-state index contributed by atoms with van der Waals surface area (Å²) in [7, 11) is 0. The molecule has 1 aromatic carbocycles. The number of anilines is 1. The maximum Gasteiger partial charge on any atom is 0.0475 e. The van der Waals surface area contributed by atoms with E-state index in [4.69, 9.17) is 4.74 Å². The lowest BCUT2D eigenvalue weighted by Gasteiger charge is -2.34. The van der Waals surface area contributed by atoms with E-state index in [1.807, 2.05) is 0 Å². The van der Waals surface area contributed by atoms with Gasteiger partial charge in [-0.15, -0.1) is 0 Å². The molecule has 2 nitrogen and oxygen atoms in total. The molecule has 15 heavy (non-hydrogen) atoms. The zero-order chi connectivity index (χ0) is 10.3. The Labute approximate surface area is 90.6 Å². The smallest absolute Gasteiger partial charge is 0.0475 e. The molecule has 3 rings (SSSR count). The summed E-state index contributed by atoms with van der Waals surface area (Å²) in [5.41, 5.74) is 4.68.